The van der Waals surface area contributed by atoms with Gasteiger partial charge in [0.2, 0.25) is 0 Å². The molecule has 90 valence electrons. The molecule has 0 bridgehead atoms. The van der Waals surface area contributed by atoms with Crippen molar-refractivity contribution in [1.82, 2.24) is 4.57 Å². The lowest BCUT2D eigenvalue weighted by Gasteiger charge is -2.02. The van der Waals surface area contributed by atoms with Crippen LogP contribution in [0.4, 0.5) is 0 Å². The van der Waals surface area contributed by atoms with Crippen LogP contribution in [0.5, 0.6) is 0 Å². The van der Waals surface area contributed by atoms with Crippen molar-refractivity contribution in [2.24, 2.45) is 7.05 Å². The first-order chi connectivity index (χ1) is 8.06. The van der Waals surface area contributed by atoms with Gasteiger partial charge in [0, 0.05) is 23.6 Å². The van der Waals surface area contributed by atoms with E-state index in [0.29, 0.717) is 12.2 Å². The molecule has 0 saturated heterocycles. The molecule has 3 heteroatoms. The fraction of sp³-hybridized carbons (Fsp3) is 0.357. The summed E-state index contributed by atoms with van der Waals surface area (Å²) >= 11 is 0. The van der Waals surface area contributed by atoms with Crippen LogP contribution in [-0.2, 0) is 11.8 Å². The number of hydrogen-bond donors (Lipinski definition) is 0. The van der Waals surface area contributed by atoms with E-state index in [4.69, 9.17) is 4.74 Å². The predicted octanol–water partition coefficient (Wildman–Crippen LogP) is 2.97. The summed E-state index contributed by atoms with van der Waals surface area (Å²) in [6.07, 6.45) is 0. The van der Waals surface area contributed by atoms with Crippen molar-refractivity contribution in [3.63, 3.8) is 0 Å². The maximum atomic E-state index is 11.9. The van der Waals surface area contributed by atoms with Gasteiger partial charge in [0.1, 0.15) is 0 Å². The number of aryl methyl sites for hydroxylation is 2. The minimum absolute atomic E-state index is 0.237. The molecule has 0 aliphatic carbocycles. The Morgan fingerprint density at radius 2 is 2.06 bits per heavy atom. The minimum Gasteiger partial charge on any atom is -0.462 e. The molecule has 1 aromatic heterocycles. The summed E-state index contributed by atoms with van der Waals surface area (Å²) in [6.45, 7) is 6.22. The average Bonchev–Trinajstić information content (AvgIpc) is 2.53. The Morgan fingerprint density at radius 1 is 1.35 bits per heavy atom. The Kier molecular flexibility index (Phi) is 2.92. The van der Waals surface area contributed by atoms with Crippen molar-refractivity contribution in [1.29, 1.82) is 0 Å². The van der Waals surface area contributed by atoms with Gasteiger partial charge in [-0.25, -0.2) is 4.79 Å². The minimum atomic E-state index is -0.237. The summed E-state index contributed by atoms with van der Waals surface area (Å²) in [5, 5.41) is 0.967. The highest BCUT2D eigenvalue weighted by molar-refractivity contribution is 6.06. The van der Waals surface area contributed by atoms with Gasteiger partial charge in [-0.2, -0.15) is 0 Å². The van der Waals surface area contributed by atoms with E-state index in [9.17, 15) is 4.79 Å². The molecule has 3 nitrogen and oxygen atoms in total. The molecule has 0 unspecified atom stereocenters. The summed E-state index contributed by atoms with van der Waals surface area (Å²) in [5.41, 5.74) is 3.90. The second kappa shape index (κ2) is 4.24. The van der Waals surface area contributed by atoms with Crippen LogP contribution in [0.25, 0.3) is 10.9 Å². The first kappa shape index (κ1) is 11.7. The fourth-order valence-electron chi connectivity index (χ4n) is 2.13. The number of rotatable bonds is 2. The molecule has 0 radical (unpaired) electrons. The van der Waals surface area contributed by atoms with Crippen LogP contribution in [0.15, 0.2) is 18.2 Å². The van der Waals surface area contributed by atoms with Gasteiger partial charge in [0.25, 0.3) is 0 Å². The third-order valence-corrected chi connectivity index (χ3v) is 3.13. The number of ether oxygens (including phenoxy) is 1. The molecule has 2 aromatic rings. The molecule has 0 spiro atoms. The van der Waals surface area contributed by atoms with Gasteiger partial charge in [-0.05, 0) is 32.4 Å². The first-order valence-electron chi connectivity index (χ1n) is 5.79. The summed E-state index contributed by atoms with van der Waals surface area (Å²) in [6, 6.07) is 6.10. The number of carbonyl (C=O) groups is 1. The molecular formula is C14H17NO2. The average molecular weight is 231 g/mol. The Bertz CT molecular complexity index is 581. The topological polar surface area (TPSA) is 31.2 Å². The number of hydrogen-bond acceptors (Lipinski definition) is 2. The highest BCUT2D eigenvalue weighted by Gasteiger charge is 2.19. The third kappa shape index (κ3) is 1.82. The zero-order valence-corrected chi connectivity index (χ0v) is 10.7. The van der Waals surface area contributed by atoms with Gasteiger partial charge in [-0.15, -0.1) is 0 Å². The van der Waals surface area contributed by atoms with Crippen LogP contribution in [0, 0.1) is 13.8 Å². The van der Waals surface area contributed by atoms with Crippen LogP contribution < -0.4 is 0 Å². The molecule has 0 amide bonds. The maximum Gasteiger partial charge on any atom is 0.340 e. The molecule has 0 aliphatic heterocycles. The number of aromatic nitrogens is 1. The molecule has 0 N–H and O–H groups in total. The van der Waals surface area contributed by atoms with Crippen LogP contribution in [0.2, 0.25) is 0 Å². The quantitative estimate of drug-likeness (QED) is 0.744. The molecule has 0 saturated carbocycles. The number of esters is 1. The van der Waals surface area contributed by atoms with E-state index in [-0.39, 0.29) is 5.97 Å². The van der Waals surface area contributed by atoms with Crippen LogP contribution in [-0.4, -0.2) is 17.1 Å². The fourth-order valence-corrected chi connectivity index (χ4v) is 2.13. The van der Waals surface area contributed by atoms with E-state index in [1.165, 1.54) is 5.56 Å². The van der Waals surface area contributed by atoms with Gasteiger partial charge >= 0.3 is 5.97 Å². The van der Waals surface area contributed by atoms with Crippen molar-refractivity contribution in [3.05, 3.63) is 35.0 Å². The molecule has 0 aliphatic rings. The number of carbonyl (C=O) groups excluding carboxylic acids is 1. The van der Waals surface area contributed by atoms with Crippen LogP contribution >= 0.6 is 0 Å². The van der Waals surface area contributed by atoms with E-state index in [0.717, 1.165) is 16.6 Å². The van der Waals surface area contributed by atoms with Crippen molar-refractivity contribution < 1.29 is 9.53 Å². The monoisotopic (exact) mass is 231 g/mol. The van der Waals surface area contributed by atoms with Gasteiger partial charge in [0.15, 0.2) is 0 Å². The van der Waals surface area contributed by atoms with E-state index in [2.05, 4.69) is 6.07 Å². The molecule has 2 rings (SSSR count). The number of fused-ring (bicyclic) bond motifs is 1. The Hall–Kier alpha value is -1.77. The second-order valence-corrected chi connectivity index (χ2v) is 4.26. The zero-order valence-electron chi connectivity index (χ0n) is 10.7. The van der Waals surface area contributed by atoms with E-state index in [1.54, 1.807) is 0 Å². The molecule has 0 atom stereocenters. The number of benzene rings is 1. The summed E-state index contributed by atoms with van der Waals surface area (Å²) in [4.78, 5) is 11.9. The lowest BCUT2D eigenvalue weighted by atomic mass is 10.1. The van der Waals surface area contributed by atoms with Crippen molar-refractivity contribution in [2.75, 3.05) is 6.61 Å². The zero-order chi connectivity index (χ0) is 12.6. The van der Waals surface area contributed by atoms with Gasteiger partial charge < -0.3 is 9.30 Å². The lowest BCUT2D eigenvalue weighted by Crippen LogP contribution is -2.06. The Morgan fingerprint density at radius 3 is 2.71 bits per heavy atom. The smallest absolute Gasteiger partial charge is 0.340 e. The SMILES string of the molecule is CCOC(=O)c1c(C)n(C)c2cc(C)ccc12. The van der Waals surface area contributed by atoms with Crippen molar-refractivity contribution in [3.8, 4) is 0 Å². The summed E-state index contributed by atoms with van der Waals surface area (Å²) in [7, 11) is 1.97. The predicted molar refractivity (Wildman–Crippen MR) is 68.3 cm³/mol. The molecule has 1 heterocycles. The van der Waals surface area contributed by atoms with Crippen molar-refractivity contribution in [2.45, 2.75) is 20.8 Å². The van der Waals surface area contributed by atoms with Gasteiger partial charge in [-0.3, -0.25) is 0 Å². The summed E-state index contributed by atoms with van der Waals surface area (Å²) in [5.74, 6) is -0.237. The van der Waals surface area contributed by atoms with E-state index >= 15 is 0 Å². The normalized spacial score (nSPS) is 10.8. The lowest BCUT2D eigenvalue weighted by molar-refractivity contribution is 0.0527. The Balaban J connectivity index is 2.71. The molecule has 0 fully saturated rings. The molecule has 17 heavy (non-hydrogen) atoms. The van der Waals surface area contributed by atoms with Crippen LogP contribution in [0.1, 0.15) is 28.5 Å². The standard InChI is InChI=1S/C14H17NO2/c1-5-17-14(16)13-10(3)15(4)12-8-9(2)6-7-11(12)13/h6-8H,5H2,1-4H3. The second-order valence-electron chi connectivity index (χ2n) is 4.26. The highest BCUT2D eigenvalue weighted by atomic mass is 16.5. The Labute approximate surface area is 101 Å². The number of nitrogens with zero attached hydrogens (tertiary/aromatic N) is 1. The summed E-state index contributed by atoms with van der Waals surface area (Å²) < 4.78 is 7.14. The third-order valence-electron chi connectivity index (χ3n) is 3.13. The highest BCUT2D eigenvalue weighted by Crippen LogP contribution is 2.26. The molecular weight excluding hydrogens is 214 g/mol. The largest absolute Gasteiger partial charge is 0.462 e. The molecule has 1 aromatic carbocycles. The van der Waals surface area contributed by atoms with E-state index in [1.807, 2.05) is 44.5 Å². The van der Waals surface area contributed by atoms with Crippen LogP contribution in [0.3, 0.4) is 0 Å². The van der Waals surface area contributed by atoms with E-state index < -0.39 is 0 Å². The van der Waals surface area contributed by atoms with Crippen molar-refractivity contribution >= 4 is 16.9 Å². The van der Waals surface area contributed by atoms with Gasteiger partial charge in [-0.1, -0.05) is 12.1 Å². The maximum absolute atomic E-state index is 11.9. The first-order valence-corrected chi connectivity index (χ1v) is 5.79. The van der Waals surface area contributed by atoms with Gasteiger partial charge in [0.05, 0.1) is 12.2 Å².